The fourth-order valence-corrected chi connectivity index (χ4v) is 2.27. The van der Waals surface area contributed by atoms with Gasteiger partial charge in [-0.25, -0.2) is 0 Å². The van der Waals surface area contributed by atoms with Gasteiger partial charge in [-0.15, -0.1) is 0 Å². The predicted octanol–water partition coefficient (Wildman–Crippen LogP) is 3.30. The summed E-state index contributed by atoms with van der Waals surface area (Å²) in [5.74, 6) is -0.129. The number of nitrogens with zero attached hydrogens (tertiary/aromatic N) is 3. The minimum atomic E-state index is -0.129. The van der Waals surface area contributed by atoms with Crippen LogP contribution in [0.1, 0.15) is 37.3 Å². The maximum absolute atomic E-state index is 12.2. The average Bonchev–Trinajstić information content (AvgIpc) is 2.95. The van der Waals surface area contributed by atoms with Crippen molar-refractivity contribution >= 4 is 27.5 Å². The molecule has 0 radical (unpaired) electrons. The highest BCUT2D eigenvalue weighted by molar-refractivity contribution is 9.10. The quantitative estimate of drug-likeness (QED) is 0.938. The maximum Gasteiger partial charge on any atom is 0.272 e. The van der Waals surface area contributed by atoms with E-state index in [4.69, 9.17) is 0 Å². The molecule has 5 nitrogen and oxygen atoms in total. The summed E-state index contributed by atoms with van der Waals surface area (Å²) in [6.07, 6.45) is 5.38. The van der Waals surface area contributed by atoms with Gasteiger partial charge in [0.2, 0.25) is 0 Å². The lowest BCUT2D eigenvalue weighted by atomic mass is 10.3. The highest BCUT2D eigenvalue weighted by atomic mass is 79.9. The van der Waals surface area contributed by atoms with E-state index in [1.54, 1.807) is 6.20 Å². The van der Waals surface area contributed by atoms with E-state index in [0.29, 0.717) is 11.4 Å². The van der Waals surface area contributed by atoms with Gasteiger partial charge in [0.1, 0.15) is 5.69 Å². The van der Waals surface area contributed by atoms with Crippen molar-refractivity contribution in [3.05, 3.63) is 34.8 Å². The highest BCUT2D eigenvalue weighted by Gasteiger charge is 2.13. The molecule has 19 heavy (non-hydrogen) atoms. The lowest BCUT2D eigenvalue weighted by Crippen LogP contribution is -2.16. The van der Waals surface area contributed by atoms with Gasteiger partial charge in [0.05, 0.1) is 11.9 Å². The Balaban J connectivity index is 2.15. The molecule has 0 aromatic carbocycles. The maximum atomic E-state index is 12.2. The van der Waals surface area contributed by atoms with Crippen LogP contribution < -0.4 is 5.32 Å². The van der Waals surface area contributed by atoms with Crippen LogP contribution in [0.4, 0.5) is 5.69 Å². The molecule has 0 saturated carbocycles. The van der Waals surface area contributed by atoms with Crippen molar-refractivity contribution in [2.75, 3.05) is 5.32 Å². The third kappa shape index (κ3) is 3.07. The zero-order chi connectivity index (χ0) is 14.0. The summed E-state index contributed by atoms with van der Waals surface area (Å²) >= 11 is 3.38. The van der Waals surface area contributed by atoms with Crippen LogP contribution in [0.5, 0.6) is 0 Å². The summed E-state index contributed by atoms with van der Waals surface area (Å²) in [5, 5.41) is 7.05. The van der Waals surface area contributed by atoms with Gasteiger partial charge >= 0.3 is 0 Å². The normalized spacial score (nSPS) is 11.0. The SMILES string of the molecule is CCn1cc(Br)cc1C(=O)Nc1cnn(C(C)C)c1. The molecule has 0 aliphatic rings. The first kappa shape index (κ1) is 13.9. The third-order valence-electron chi connectivity index (χ3n) is 2.82. The van der Waals surface area contributed by atoms with Gasteiger partial charge in [0.25, 0.3) is 5.91 Å². The number of anilines is 1. The zero-order valence-electron chi connectivity index (χ0n) is 11.2. The average molecular weight is 325 g/mol. The fraction of sp³-hybridized carbons (Fsp3) is 0.385. The molecule has 0 fully saturated rings. The van der Waals surface area contributed by atoms with Gasteiger partial charge in [-0.1, -0.05) is 0 Å². The molecule has 1 N–H and O–H groups in total. The number of nitrogens with one attached hydrogen (secondary N) is 1. The third-order valence-corrected chi connectivity index (χ3v) is 3.26. The number of rotatable bonds is 4. The van der Waals surface area contributed by atoms with Crippen LogP contribution in [0.2, 0.25) is 0 Å². The van der Waals surface area contributed by atoms with Gasteiger partial charge < -0.3 is 9.88 Å². The van der Waals surface area contributed by atoms with E-state index in [1.807, 2.05) is 48.5 Å². The molecule has 0 saturated heterocycles. The monoisotopic (exact) mass is 324 g/mol. The van der Waals surface area contributed by atoms with Crippen molar-refractivity contribution in [2.45, 2.75) is 33.4 Å². The molecule has 0 bridgehead atoms. The van der Waals surface area contributed by atoms with Crippen LogP contribution in [-0.2, 0) is 6.54 Å². The lowest BCUT2D eigenvalue weighted by Gasteiger charge is -2.06. The molecule has 6 heteroatoms. The Bertz CT molecular complexity index is 585. The van der Waals surface area contributed by atoms with Crippen molar-refractivity contribution in [3.63, 3.8) is 0 Å². The van der Waals surface area contributed by atoms with Crippen LogP contribution in [0, 0.1) is 0 Å². The molecular weight excluding hydrogens is 308 g/mol. The van der Waals surface area contributed by atoms with E-state index in [0.717, 1.165) is 11.0 Å². The van der Waals surface area contributed by atoms with Crippen LogP contribution in [0.15, 0.2) is 29.1 Å². The zero-order valence-corrected chi connectivity index (χ0v) is 12.8. The Morgan fingerprint density at radius 1 is 1.47 bits per heavy atom. The highest BCUT2D eigenvalue weighted by Crippen LogP contribution is 2.17. The number of carbonyl (C=O) groups is 1. The molecule has 2 aromatic rings. The first-order valence-electron chi connectivity index (χ1n) is 6.22. The van der Waals surface area contributed by atoms with Crippen molar-refractivity contribution in [1.82, 2.24) is 14.3 Å². The second-order valence-electron chi connectivity index (χ2n) is 4.59. The standard InChI is InChI=1S/C13H17BrN4O/c1-4-17-7-10(14)5-12(17)13(19)16-11-6-15-18(8-11)9(2)3/h5-9H,4H2,1-3H3,(H,16,19). The molecule has 102 valence electrons. The molecule has 0 aliphatic carbocycles. The smallest absolute Gasteiger partial charge is 0.272 e. The second kappa shape index (κ2) is 5.61. The summed E-state index contributed by atoms with van der Waals surface area (Å²) in [6, 6.07) is 2.09. The predicted molar refractivity (Wildman–Crippen MR) is 78.4 cm³/mol. The fourth-order valence-electron chi connectivity index (χ4n) is 1.81. The molecule has 2 rings (SSSR count). The number of carbonyl (C=O) groups excluding carboxylic acids is 1. The number of halogens is 1. The number of amides is 1. The summed E-state index contributed by atoms with van der Waals surface area (Å²) in [6.45, 7) is 6.83. The summed E-state index contributed by atoms with van der Waals surface area (Å²) < 4.78 is 4.61. The van der Waals surface area contributed by atoms with Gasteiger partial charge in [-0.3, -0.25) is 9.48 Å². The minimum Gasteiger partial charge on any atom is -0.343 e. The number of aryl methyl sites for hydroxylation is 1. The van der Waals surface area contributed by atoms with E-state index >= 15 is 0 Å². The van der Waals surface area contributed by atoms with Crippen LogP contribution in [-0.4, -0.2) is 20.3 Å². The van der Waals surface area contributed by atoms with Gasteiger partial charge in [-0.2, -0.15) is 5.10 Å². The van der Waals surface area contributed by atoms with Crippen molar-refractivity contribution in [3.8, 4) is 0 Å². The molecule has 1 amide bonds. The number of hydrogen-bond donors (Lipinski definition) is 1. The largest absolute Gasteiger partial charge is 0.343 e. The summed E-state index contributed by atoms with van der Waals surface area (Å²) in [5.41, 5.74) is 1.34. The van der Waals surface area contributed by atoms with Crippen molar-refractivity contribution in [2.24, 2.45) is 0 Å². The Hall–Kier alpha value is -1.56. The molecule has 2 heterocycles. The second-order valence-corrected chi connectivity index (χ2v) is 5.50. The molecule has 0 unspecified atom stereocenters. The molecule has 0 spiro atoms. The van der Waals surface area contributed by atoms with Gasteiger partial charge in [0, 0.05) is 29.5 Å². The Kier molecular flexibility index (Phi) is 4.09. The Labute approximate surface area is 120 Å². The topological polar surface area (TPSA) is 51.9 Å². The lowest BCUT2D eigenvalue weighted by molar-refractivity contribution is 0.101. The van der Waals surface area contributed by atoms with Gasteiger partial charge in [-0.05, 0) is 42.8 Å². The first-order valence-corrected chi connectivity index (χ1v) is 7.01. The molecule has 0 atom stereocenters. The number of aromatic nitrogens is 3. The van der Waals surface area contributed by atoms with E-state index in [2.05, 4.69) is 26.3 Å². The van der Waals surface area contributed by atoms with Crippen molar-refractivity contribution in [1.29, 1.82) is 0 Å². The van der Waals surface area contributed by atoms with E-state index in [9.17, 15) is 4.79 Å². The van der Waals surface area contributed by atoms with E-state index < -0.39 is 0 Å². The molecule has 2 aromatic heterocycles. The van der Waals surface area contributed by atoms with E-state index in [1.165, 1.54) is 0 Å². The number of hydrogen-bond acceptors (Lipinski definition) is 2. The van der Waals surface area contributed by atoms with E-state index in [-0.39, 0.29) is 11.9 Å². The summed E-state index contributed by atoms with van der Waals surface area (Å²) in [4.78, 5) is 12.2. The molecule has 0 aliphatic heterocycles. The van der Waals surface area contributed by atoms with Crippen LogP contribution in [0.25, 0.3) is 0 Å². The Morgan fingerprint density at radius 2 is 2.21 bits per heavy atom. The molecular formula is C13H17BrN4O. The van der Waals surface area contributed by atoms with Crippen LogP contribution in [0.3, 0.4) is 0 Å². The summed E-state index contributed by atoms with van der Waals surface area (Å²) in [7, 11) is 0. The van der Waals surface area contributed by atoms with Crippen molar-refractivity contribution < 1.29 is 4.79 Å². The van der Waals surface area contributed by atoms with Gasteiger partial charge in [0.15, 0.2) is 0 Å². The minimum absolute atomic E-state index is 0.129. The Morgan fingerprint density at radius 3 is 2.79 bits per heavy atom. The van der Waals surface area contributed by atoms with Crippen LogP contribution >= 0.6 is 15.9 Å². The first-order chi connectivity index (χ1) is 9.01.